The Kier molecular flexibility index (Phi) is 5.65. The Hall–Kier alpha value is -1.70. The molecular formula is C13H15F5N2O. The van der Waals surface area contributed by atoms with E-state index < -0.39 is 36.3 Å². The van der Waals surface area contributed by atoms with Crippen molar-refractivity contribution in [3.63, 3.8) is 0 Å². The van der Waals surface area contributed by atoms with Gasteiger partial charge in [-0.05, 0) is 31.7 Å². The summed E-state index contributed by atoms with van der Waals surface area (Å²) in [5.74, 6) is -2.81. The fourth-order valence-corrected chi connectivity index (χ4v) is 1.64. The molecule has 8 heteroatoms. The first-order valence-electron chi connectivity index (χ1n) is 6.09. The smallest absolute Gasteiger partial charge is 0.346 e. The molecule has 0 bridgehead atoms. The van der Waals surface area contributed by atoms with Gasteiger partial charge in [0, 0.05) is 6.04 Å². The molecule has 0 heterocycles. The Balaban J connectivity index is 2.59. The van der Waals surface area contributed by atoms with Crippen molar-refractivity contribution in [2.24, 2.45) is 0 Å². The molecule has 1 rings (SSSR count). The van der Waals surface area contributed by atoms with Crippen LogP contribution in [-0.2, 0) is 4.79 Å². The molecule has 1 amide bonds. The van der Waals surface area contributed by atoms with Crippen LogP contribution < -0.4 is 5.32 Å². The number of carbonyl (C=O) groups is 1. The van der Waals surface area contributed by atoms with Gasteiger partial charge in [-0.2, -0.15) is 13.2 Å². The highest BCUT2D eigenvalue weighted by molar-refractivity contribution is 5.78. The number of nitrogens with zero attached hydrogens (tertiary/aromatic N) is 1. The van der Waals surface area contributed by atoms with E-state index >= 15 is 0 Å². The highest BCUT2D eigenvalue weighted by Gasteiger charge is 2.28. The normalized spacial score (nSPS) is 13.3. The molecule has 0 radical (unpaired) electrons. The summed E-state index contributed by atoms with van der Waals surface area (Å²) in [4.78, 5) is 12.8. The van der Waals surface area contributed by atoms with Gasteiger partial charge < -0.3 is 5.32 Å². The summed E-state index contributed by atoms with van der Waals surface area (Å²) in [7, 11) is 1.50. The maximum atomic E-state index is 13.1. The quantitative estimate of drug-likeness (QED) is 0.848. The van der Waals surface area contributed by atoms with Gasteiger partial charge in [0.1, 0.15) is 6.54 Å². The van der Waals surface area contributed by atoms with Crippen LogP contribution in [-0.4, -0.2) is 37.1 Å². The van der Waals surface area contributed by atoms with E-state index in [0.717, 1.165) is 12.1 Å². The summed E-state index contributed by atoms with van der Waals surface area (Å²) in [5.41, 5.74) is 0.417. The Morgan fingerprint density at radius 3 is 2.43 bits per heavy atom. The summed E-state index contributed by atoms with van der Waals surface area (Å²) in [6, 6.07) is 2.84. The summed E-state index contributed by atoms with van der Waals surface area (Å²) in [6.07, 6.45) is -4.47. The van der Waals surface area contributed by atoms with Crippen LogP contribution in [0.5, 0.6) is 0 Å². The molecule has 1 aromatic carbocycles. The van der Waals surface area contributed by atoms with Gasteiger partial charge in [0.2, 0.25) is 5.91 Å². The molecule has 1 aromatic rings. The predicted molar refractivity (Wildman–Crippen MR) is 66.5 cm³/mol. The fourth-order valence-electron chi connectivity index (χ4n) is 1.64. The van der Waals surface area contributed by atoms with Crippen molar-refractivity contribution >= 4 is 5.91 Å². The van der Waals surface area contributed by atoms with Gasteiger partial charge in [-0.1, -0.05) is 6.07 Å². The van der Waals surface area contributed by atoms with Crippen LogP contribution in [0, 0.1) is 11.6 Å². The molecule has 0 aliphatic rings. The average molecular weight is 310 g/mol. The molecule has 3 nitrogen and oxygen atoms in total. The van der Waals surface area contributed by atoms with Crippen molar-refractivity contribution < 1.29 is 26.7 Å². The number of amides is 1. The lowest BCUT2D eigenvalue weighted by Gasteiger charge is -2.24. The molecule has 118 valence electrons. The molecule has 0 saturated carbocycles. The van der Waals surface area contributed by atoms with Crippen LogP contribution in [0.2, 0.25) is 0 Å². The van der Waals surface area contributed by atoms with E-state index in [1.54, 1.807) is 12.2 Å². The van der Waals surface area contributed by atoms with Crippen molar-refractivity contribution in [2.75, 3.05) is 20.1 Å². The number of likely N-dealkylation sites (N-methyl/N-ethyl adjacent to an activating group) is 1. The van der Waals surface area contributed by atoms with E-state index in [1.165, 1.54) is 18.0 Å². The largest absolute Gasteiger partial charge is 0.405 e. The third-order valence-electron chi connectivity index (χ3n) is 2.97. The van der Waals surface area contributed by atoms with Gasteiger partial charge in [-0.25, -0.2) is 8.78 Å². The second-order valence-electron chi connectivity index (χ2n) is 4.66. The van der Waals surface area contributed by atoms with Crippen LogP contribution in [0.25, 0.3) is 0 Å². The molecule has 0 saturated heterocycles. The SMILES string of the molecule is CC(c1ccc(F)c(F)c1)N(C)CC(=O)NCC(F)(F)F. The first-order valence-corrected chi connectivity index (χ1v) is 6.09. The molecule has 1 atom stereocenters. The molecule has 1 N–H and O–H groups in total. The number of hydrogen-bond donors (Lipinski definition) is 1. The van der Waals surface area contributed by atoms with Gasteiger partial charge in [0.05, 0.1) is 6.54 Å². The minimum absolute atomic E-state index is 0.295. The first-order chi connectivity index (χ1) is 9.60. The van der Waals surface area contributed by atoms with Gasteiger partial charge >= 0.3 is 6.18 Å². The van der Waals surface area contributed by atoms with E-state index in [1.807, 2.05) is 0 Å². The Morgan fingerprint density at radius 1 is 1.29 bits per heavy atom. The van der Waals surface area contributed by atoms with Crippen LogP contribution in [0.1, 0.15) is 18.5 Å². The van der Waals surface area contributed by atoms with Crippen molar-refractivity contribution in [2.45, 2.75) is 19.1 Å². The standard InChI is InChI=1S/C13H15F5N2O/c1-8(9-3-4-10(14)11(15)5-9)20(2)6-12(21)19-7-13(16,17)18/h3-5,8H,6-7H2,1-2H3,(H,19,21). The zero-order chi connectivity index (χ0) is 16.2. The van der Waals surface area contributed by atoms with Gasteiger partial charge in [0.25, 0.3) is 0 Å². The summed E-state index contributed by atoms with van der Waals surface area (Å²) in [6.45, 7) is -0.0702. The van der Waals surface area contributed by atoms with E-state index in [0.29, 0.717) is 5.56 Å². The van der Waals surface area contributed by atoms with Crippen molar-refractivity contribution in [3.8, 4) is 0 Å². The number of rotatable bonds is 5. The molecule has 1 unspecified atom stereocenters. The van der Waals surface area contributed by atoms with E-state index in [2.05, 4.69) is 0 Å². The Morgan fingerprint density at radius 2 is 1.90 bits per heavy atom. The molecule has 0 spiro atoms. The van der Waals surface area contributed by atoms with Crippen molar-refractivity contribution in [3.05, 3.63) is 35.4 Å². The second kappa shape index (κ2) is 6.84. The fraction of sp³-hybridized carbons (Fsp3) is 0.462. The molecule has 21 heavy (non-hydrogen) atoms. The third-order valence-corrected chi connectivity index (χ3v) is 2.97. The lowest BCUT2D eigenvalue weighted by molar-refractivity contribution is -0.139. The molecular weight excluding hydrogens is 295 g/mol. The highest BCUT2D eigenvalue weighted by Crippen LogP contribution is 2.20. The van der Waals surface area contributed by atoms with Gasteiger partial charge in [0.15, 0.2) is 11.6 Å². The summed E-state index contributed by atoms with van der Waals surface area (Å²) >= 11 is 0. The lowest BCUT2D eigenvalue weighted by atomic mass is 10.1. The molecule has 0 fully saturated rings. The van der Waals surface area contributed by atoms with Gasteiger partial charge in [-0.15, -0.1) is 0 Å². The lowest BCUT2D eigenvalue weighted by Crippen LogP contribution is -2.40. The number of nitrogens with one attached hydrogen (secondary N) is 1. The van der Waals surface area contributed by atoms with E-state index in [9.17, 15) is 26.7 Å². The zero-order valence-electron chi connectivity index (χ0n) is 11.5. The van der Waals surface area contributed by atoms with E-state index in [-0.39, 0.29) is 6.54 Å². The monoisotopic (exact) mass is 310 g/mol. The number of alkyl halides is 3. The van der Waals surface area contributed by atoms with Crippen LogP contribution >= 0.6 is 0 Å². The number of hydrogen-bond acceptors (Lipinski definition) is 2. The van der Waals surface area contributed by atoms with E-state index in [4.69, 9.17) is 0 Å². The highest BCUT2D eigenvalue weighted by atomic mass is 19.4. The number of halogens is 5. The van der Waals surface area contributed by atoms with Crippen LogP contribution in [0.3, 0.4) is 0 Å². The number of carbonyl (C=O) groups excluding carboxylic acids is 1. The first kappa shape index (κ1) is 17.4. The minimum Gasteiger partial charge on any atom is -0.346 e. The topological polar surface area (TPSA) is 32.3 Å². The molecule has 0 aliphatic carbocycles. The van der Waals surface area contributed by atoms with Crippen molar-refractivity contribution in [1.82, 2.24) is 10.2 Å². The van der Waals surface area contributed by atoms with Crippen LogP contribution in [0.15, 0.2) is 18.2 Å². The van der Waals surface area contributed by atoms with Crippen molar-refractivity contribution in [1.29, 1.82) is 0 Å². The predicted octanol–water partition coefficient (Wildman–Crippen LogP) is 2.64. The maximum absolute atomic E-state index is 13.1. The zero-order valence-corrected chi connectivity index (χ0v) is 11.5. The molecule has 0 aliphatic heterocycles. The maximum Gasteiger partial charge on any atom is 0.405 e. The molecule has 0 aromatic heterocycles. The average Bonchev–Trinajstić information content (AvgIpc) is 2.38. The Labute approximate surface area is 118 Å². The number of benzene rings is 1. The van der Waals surface area contributed by atoms with Crippen LogP contribution in [0.4, 0.5) is 22.0 Å². The Bertz CT molecular complexity index is 504. The summed E-state index contributed by atoms with van der Waals surface area (Å²) < 4.78 is 61.8. The summed E-state index contributed by atoms with van der Waals surface area (Å²) in [5, 5.41) is 1.74. The minimum atomic E-state index is -4.47. The second-order valence-corrected chi connectivity index (χ2v) is 4.66. The third kappa shape index (κ3) is 5.66. The van der Waals surface area contributed by atoms with Gasteiger partial charge in [-0.3, -0.25) is 9.69 Å².